The minimum atomic E-state index is -2.73. The highest BCUT2D eigenvalue weighted by molar-refractivity contribution is 7.19. The molecule has 0 aliphatic carbocycles. The van der Waals surface area contributed by atoms with Crippen LogP contribution in [0.3, 0.4) is 0 Å². The van der Waals surface area contributed by atoms with Gasteiger partial charge in [-0.2, -0.15) is 0 Å². The predicted molar refractivity (Wildman–Crippen MR) is 295 cm³/mol. The number of aromatic nitrogens is 2. The highest BCUT2D eigenvalue weighted by Crippen LogP contribution is 2.38. The third-order valence-electron chi connectivity index (χ3n) is 14.3. The highest BCUT2D eigenvalue weighted by Gasteiger charge is 2.41. The van der Waals surface area contributed by atoms with Crippen LogP contribution in [0.4, 0.5) is 0 Å². The van der Waals surface area contributed by atoms with Crippen LogP contribution < -0.4 is 20.7 Å². The topological polar surface area (TPSA) is 9.86 Å². The molecule has 324 valence electrons. The van der Waals surface area contributed by atoms with Gasteiger partial charge in [0.25, 0.3) is 0 Å². The van der Waals surface area contributed by atoms with Gasteiger partial charge in [0.1, 0.15) is 0 Å². The quantitative estimate of drug-likeness (QED) is 0.101. The van der Waals surface area contributed by atoms with Gasteiger partial charge in [0.15, 0.2) is 8.07 Å². The lowest BCUT2D eigenvalue weighted by Crippen LogP contribution is -2.74. The smallest absolute Gasteiger partial charge is 0.179 e. The van der Waals surface area contributed by atoms with E-state index in [1.54, 1.807) is 0 Å². The molecule has 0 fully saturated rings. The summed E-state index contributed by atoms with van der Waals surface area (Å²) in [5, 5.41) is 10.4. The average Bonchev–Trinajstić information content (AvgIpc) is 3.95. The standard InChI is InChI=1S/C66H46N2Si/c1-5-18-47(19-6-1)48-36-40-53(41-37-48)67-63-30-15-13-28-59(63)61-44-51(38-42-65(61)67)49-32-34-50(35-33-49)52-39-43-66-62(45-52)60-29-14-16-31-64(60)68(66)54-20-17-27-58(46-54)69(55-21-7-2-8-22-55,56-23-9-3-10-24-56)57-25-11-4-12-26-57/h1-46H. The molecule has 0 saturated heterocycles. The van der Waals surface area contributed by atoms with Gasteiger partial charge in [0, 0.05) is 32.9 Å². The van der Waals surface area contributed by atoms with E-state index in [9.17, 15) is 0 Å². The molecule has 0 saturated carbocycles. The Morgan fingerprint density at radius 2 is 0.551 bits per heavy atom. The lowest BCUT2D eigenvalue weighted by atomic mass is 9.98. The molecular formula is C66H46N2Si. The van der Waals surface area contributed by atoms with E-state index in [0.29, 0.717) is 0 Å². The lowest BCUT2D eigenvalue weighted by molar-refractivity contribution is 1.18. The van der Waals surface area contributed by atoms with Crippen LogP contribution in [-0.4, -0.2) is 17.2 Å². The van der Waals surface area contributed by atoms with Crippen LogP contribution in [-0.2, 0) is 0 Å². The minimum Gasteiger partial charge on any atom is -0.309 e. The molecule has 0 amide bonds. The predicted octanol–water partition coefficient (Wildman–Crippen LogP) is 14.3. The maximum absolute atomic E-state index is 2.73. The summed E-state index contributed by atoms with van der Waals surface area (Å²) >= 11 is 0. The van der Waals surface area contributed by atoms with Crippen molar-refractivity contribution in [1.82, 2.24) is 9.13 Å². The lowest BCUT2D eigenvalue weighted by Gasteiger charge is -2.34. The van der Waals surface area contributed by atoms with Crippen molar-refractivity contribution in [1.29, 1.82) is 0 Å². The number of hydrogen-bond acceptors (Lipinski definition) is 0. The molecule has 2 nitrogen and oxygen atoms in total. The second-order valence-electron chi connectivity index (χ2n) is 18.1. The molecule has 3 heteroatoms. The van der Waals surface area contributed by atoms with Crippen LogP contribution in [0.25, 0.3) is 88.4 Å². The van der Waals surface area contributed by atoms with E-state index in [4.69, 9.17) is 0 Å². The van der Waals surface area contributed by atoms with Gasteiger partial charge in [-0.05, 0) is 115 Å². The highest BCUT2D eigenvalue weighted by atomic mass is 28.3. The van der Waals surface area contributed by atoms with Crippen molar-refractivity contribution in [3.8, 4) is 44.8 Å². The number of hydrogen-bond donors (Lipinski definition) is 0. The molecular weight excluding hydrogens is 849 g/mol. The van der Waals surface area contributed by atoms with Crippen LogP contribution in [0.1, 0.15) is 0 Å². The largest absolute Gasteiger partial charge is 0.309 e. The molecule has 0 radical (unpaired) electrons. The molecule has 2 heterocycles. The molecule has 0 aliphatic rings. The van der Waals surface area contributed by atoms with Gasteiger partial charge in [-0.3, -0.25) is 0 Å². The fourth-order valence-electron chi connectivity index (χ4n) is 11.1. The Hall–Kier alpha value is -8.76. The van der Waals surface area contributed by atoms with Gasteiger partial charge >= 0.3 is 0 Å². The Labute approximate surface area is 403 Å². The first-order chi connectivity index (χ1) is 34.2. The molecule has 13 rings (SSSR count). The van der Waals surface area contributed by atoms with E-state index >= 15 is 0 Å². The van der Waals surface area contributed by atoms with E-state index in [-0.39, 0.29) is 0 Å². The van der Waals surface area contributed by atoms with Crippen molar-refractivity contribution in [3.05, 3.63) is 279 Å². The van der Waals surface area contributed by atoms with E-state index in [0.717, 1.165) is 11.4 Å². The van der Waals surface area contributed by atoms with Crippen LogP contribution in [0.15, 0.2) is 279 Å². The summed E-state index contributed by atoms with van der Waals surface area (Å²) in [5.74, 6) is 0. The van der Waals surface area contributed by atoms with Crippen LogP contribution >= 0.6 is 0 Å². The molecule has 11 aromatic carbocycles. The van der Waals surface area contributed by atoms with Gasteiger partial charge in [-0.15, -0.1) is 0 Å². The van der Waals surface area contributed by atoms with E-state index in [1.807, 2.05) is 0 Å². The van der Waals surface area contributed by atoms with Crippen molar-refractivity contribution in [2.45, 2.75) is 0 Å². The average molecular weight is 895 g/mol. The van der Waals surface area contributed by atoms with Crippen molar-refractivity contribution in [2.24, 2.45) is 0 Å². The first-order valence-electron chi connectivity index (χ1n) is 23.8. The first-order valence-corrected chi connectivity index (χ1v) is 25.8. The Morgan fingerprint density at radius 3 is 1.04 bits per heavy atom. The molecule has 2 aromatic heterocycles. The van der Waals surface area contributed by atoms with Crippen molar-refractivity contribution >= 4 is 72.4 Å². The van der Waals surface area contributed by atoms with Crippen molar-refractivity contribution in [2.75, 3.05) is 0 Å². The zero-order valence-corrected chi connectivity index (χ0v) is 39.0. The molecule has 13 aromatic rings. The second-order valence-corrected chi connectivity index (χ2v) is 21.9. The number of fused-ring (bicyclic) bond motifs is 6. The molecule has 0 atom stereocenters. The Kier molecular flexibility index (Phi) is 9.88. The van der Waals surface area contributed by atoms with Gasteiger partial charge in [0.2, 0.25) is 0 Å². The number of rotatable bonds is 9. The summed E-state index contributed by atoms with van der Waals surface area (Å²) in [4.78, 5) is 0. The van der Waals surface area contributed by atoms with Crippen LogP contribution in [0.5, 0.6) is 0 Å². The summed E-state index contributed by atoms with van der Waals surface area (Å²) < 4.78 is 4.86. The normalized spacial score (nSPS) is 11.8. The Balaban J connectivity index is 0.873. The third-order valence-corrected chi connectivity index (χ3v) is 19.1. The number of para-hydroxylation sites is 2. The zero-order valence-electron chi connectivity index (χ0n) is 38.0. The summed E-state index contributed by atoms with van der Waals surface area (Å²) in [7, 11) is -2.73. The van der Waals surface area contributed by atoms with Crippen molar-refractivity contribution < 1.29 is 0 Å². The van der Waals surface area contributed by atoms with Crippen LogP contribution in [0.2, 0.25) is 0 Å². The van der Waals surface area contributed by atoms with E-state index in [1.165, 1.54) is 97.7 Å². The van der Waals surface area contributed by atoms with Gasteiger partial charge in [0.05, 0.1) is 22.1 Å². The Morgan fingerprint density at radius 1 is 0.203 bits per heavy atom. The zero-order chi connectivity index (χ0) is 45.7. The fraction of sp³-hybridized carbons (Fsp3) is 0. The molecule has 0 spiro atoms. The SMILES string of the molecule is c1ccc(-c2ccc(-n3c4ccccc4c4cc(-c5ccc(-c6ccc7c(c6)c6ccccc6n7-c6cccc([Si](c7ccccc7)(c7ccccc7)c7ccccc7)c6)cc5)ccc43)cc2)cc1. The third kappa shape index (κ3) is 6.78. The fourth-order valence-corrected chi connectivity index (χ4v) is 15.9. The summed E-state index contributed by atoms with van der Waals surface area (Å²) in [5.41, 5.74) is 14.4. The van der Waals surface area contributed by atoms with Gasteiger partial charge in [-0.25, -0.2) is 0 Å². The Bertz CT molecular complexity index is 3870. The van der Waals surface area contributed by atoms with E-state index < -0.39 is 8.07 Å². The summed E-state index contributed by atoms with van der Waals surface area (Å²) in [6.45, 7) is 0. The van der Waals surface area contributed by atoms with E-state index in [2.05, 4.69) is 288 Å². The van der Waals surface area contributed by atoms with Gasteiger partial charge in [-0.1, -0.05) is 218 Å². The first kappa shape index (κ1) is 40.5. The summed E-state index contributed by atoms with van der Waals surface area (Å²) in [6.07, 6.45) is 0. The molecule has 0 N–H and O–H groups in total. The number of benzene rings is 11. The molecule has 0 bridgehead atoms. The maximum atomic E-state index is 2.47. The summed E-state index contributed by atoms with van der Waals surface area (Å²) in [6, 6.07) is 103. The maximum Gasteiger partial charge on any atom is 0.179 e. The molecule has 0 aliphatic heterocycles. The van der Waals surface area contributed by atoms with Crippen LogP contribution in [0, 0.1) is 0 Å². The monoisotopic (exact) mass is 894 g/mol. The molecule has 69 heavy (non-hydrogen) atoms. The number of nitrogens with zero attached hydrogens (tertiary/aromatic N) is 2. The second kappa shape index (κ2) is 16.8. The minimum absolute atomic E-state index is 1.16. The van der Waals surface area contributed by atoms with Gasteiger partial charge < -0.3 is 9.13 Å². The van der Waals surface area contributed by atoms with Crippen molar-refractivity contribution in [3.63, 3.8) is 0 Å². The molecule has 0 unspecified atom stereocenters.